The summed E-state index contributed by atoms with van der Waals surface area (Å²) in [5, 5.41) is 10.5. The van der Waals surface area contributed by atoms with Gasteiger partial charge in [0.05, 0.1) is 25.8 Å². The molecule has 1 aliphatic rings. The van der Waals surface area contributed by atoms with Gasteiger partial charge in [-0.15, -0.1) is 0 Å². The number of aliphatic hydroxyl groups is 1. The van der Waals surface area contributed by atoms with Crippen LogP contribution in [0.2, 0.25) is 0 Å². The van der Waals surface area contributed by atoms with Crippen LogP contribution in [0.1, 0.15) is 26.3 Å². The maximum absolute atomic E-state index is 12.5. The number of hydrogen-bond donors (Lipinski definition) is 1. The van der Waals surface area contributed by atoms with Crippen molar-refractivity contribution in [2.45, 2.75) is 32.9 Å². The fourth-order valence-electron chi connectivity index (χ4n) is 2.77. The minimum absolute atomic E-state index is 0.135. The van der Waals surface area contributed by atoms with Crippen molar-refractivity contribution in [3.05, 3.63) is 29.3 Å². The number of carbonyl (C=O) groups excluding carboxylic acids is 2. The molecule has 1 amide bonds. The molecule has 2 rings (SSSR count). The Morgan fingerprint density at radius 3 is 2.35 bits per heavy atom. The monoisotopic (exact) mass is 319 g/mol. The van der Waals surface area contributed by atoms with Crippen molar-refractivity contribution < 1.29 is 24.2 Å². The number of methoxy groups -OCH3 is 2. The lowest BCUT2D eigenvalue weighted by Gasteiger charge is -2.23. The number of benzene rings is 1. The van der Waals surface area contributed by atoms with Gasteiger partial charge >= 0.3 is 0 Å². The SMILES string of the molecule is COc1ccc(/C(O)=C2\C(=O)C(C)N(C(C)C)C2=O)c(OC)c1. The van der Waals surface area contributed by atoms with Gasteiger partial charge in [-0.3, -0.25) is 9.59 Å². The normalized spacial score (nSPS) is 20.3. The van der Waals surface area contributed by atoms with Crippen LogP contribution in [0.5, 0.6) is 11.5 Å². The average molecular weight is 319 g/mol. The van der Waals surface area contributed by atoms with Gasteiger partial charge in [-0.2, -0.15) is 0 Å². The van der Waals surface area contributed by atoms with Crippen molar-refractivity contribution in [1.29, 1.82) is 0 Å². The number of amides is 1. The highest BCUT2D eigenvalue weighted by Gasteiger charge is 2.44. The zero-order valence-corrected chi connectivity index (χ0v) is 13.9. The number of ether oxygens (including phenoxy) is 2. The smallest absolute Gasteiger partial charge is 0.262 e. The second kappa shape index (κ2) is 6.32. The highest BCUT2D eigenvalue weighted by Crippen LogP contribution is 2.34. The molecule has 1 N–H and O–H groups in total. The van der Waals surface area contributed by atoms with Gasteiger partial charge in [0.2, 0.25) is 0 Å². The summed E-state index contributed by atoms with van der Waals surface area (Å²) in [6, 6.07) is 4.04. The van der Waals surface area contributed by atoms with E-state index in [1.54, 1.807) is 25.1 Å². The third-order valence-electron chi connectivity index (χ3n) is 3.95. The molecular weight excluding hydrogens is 298 g/mol. The van der Waals surface area contributed by atoms with Gasteiger partial charge in [-0.1, -0.05) is 0 Å². The summed E-state index contributed by atoms with van der Waals surface area (Å²) < 4.78 is 10.3. The van der Waals surface area contributed by atoms with E-state index in [0.29, 0.717) is 11.5 Å². The van der Waals surface area contributed by atoms with Crippen LogP contribution in [0.3, 0.4) is 0 Å². The zero-order chi connectivity index (χ0) is 17.3. The van der Waals surface area contributed by atoms with Gasteiger partial charge in [-0.05, 0) is 32.9 Å². The van der Waals surface area contributed by atoms with Crippen LogP contribution < -0.4 is 9.47 Å². The predicted molar refractivity (Wildman–Crippen MR) is 85.5 cm³/mol. The Morgan fingerprint density at radius 1 is 1.22 bits per heavy atom. The largest absolute Gasteiger partial charge is 0.506 e. The summed E-state index contributed by atoms with van der Waals surface area (Å²) in [5.41, 5.74) is 0.0810. The lowest BCUT2D eigenvalue weighted by atomic mass is 10.0. The Labute approximate surface area is 135 Å². The minimum atomic E-state index is -0.594. The number of Topliss-reactive ketones (excluding diaryl/α,β-unsaturated/α-hetero) is 1. The van der Waals surface area contributed by atoms with Crippen LogP contribution in [0, 0.1) is 0 Å². The first-order valence-corrected chi connectivity index (χ1v) is 7.36. The van der Waals surface area contributed by atoms with Crippen molar-refractivity contribution in [3.8, 4) is 11.5 Å². The summed E-state index contributed by atoms with van der Waals surface area (Å²) in [6.45, 7) is 5.32. The first kappa shape index (κ1) is 16.9. The van der Waals surface area contributed by atoms with Crippen LogP contribution in [-0.2, 0) is 9.59 Å². The minimum Gasteiger partial charge on any atom is -0.506 e. The van der Waals surface area contributed by atoms with Gasteiger partial charge in [0.25, 0.3) is 5.91 Å². The van der Waals surface area contributed by atoms with Crippen molar-refractivity contribution in [2.24, 2.45) is 0 Å². The van der Waals surface area contributed by atoms with Crippen molar-refractivity contribution in [2.75, 3.05) is 14.2 Å². The molecule has 0 bridgehead atoms. The van der Waals surface area contributed by atoms with E-state index >= 15 is 0 Å². The first-order chi connectivity index (χ1) is 10.8. The molecule has 1 unspecified atom stereocenters. The molecule has 1 saturated heterocycles. The first-order valence-electron chi connectivity index (χ1n) is 7.36. The number of carbonyl (C=O) groups is 2. The molecule has 1 fully saturated rings. The van der Waals surface area contributed by atoms with E-state index in [1.165, 1.54) is 19.1 Å². The van der Waals surface area contributed by atoms with Crippen LogP contribution >= 0.6 is 0 Å². The summed E-state index contributed by atoms with van der Waals surface area (Å²) in [5.74, 6) is -0.350. The second-order valence-corrected chi connectivity index (χ2v) is 5.64. The third-order valence-corrected chi connectivity index (χ3v) is 3.95. The highest BCUT2D eigenvalue weighted by molar-refractivity contribution is 6.30. The zero-order valence-electron chi connectivity index (χ0n) is 13.9. The van der Waals surface area contributed by atoms with Gasteiger partial charge in [0.15, 0.2) is 5.78 Å². The molecule has 1 atom stereocenters. The van der Waals surface area contributed by atoms with Crippen LogP contribution in [-0.4, -0.2) is 48.0 Å². The number of hydrogen-bond acceptors (Lipinski definition) is 5. The maximum atomic E-state index is 12.5. The highest BCUT2D eigenvalue weighted by atomic mass is 16.5. The fraction of sp³-hybridized carbons (Fsp3) is 0.412. The van der Waals surface area contributed by atoms with Crippen LogP contribution in [0.4, 0.5) is 0 Å². The van der Waals surface area contributed by atoms with E-state index < -0.39 is 11.9 Å². The van der Waals surface area contributed by atoms with Crippen molar-refractivity contribution in [3.63, 3.8) is 0 Å². The van der Waals surface area contributed by atoms with Gasteiger partial charge in [-0.25, -0.2) is 0 Å². The molecule has 1 heterocycles. The Kier molecular flexibility index (Phi) is 4.63. The Balaban J connectivity index is 2.58. The molecular formula is C17H21NO5. The molecule has 0 radical (unpaired) electrons. The van der Waals surface area contributed by atoms with Gasteiger partial charge < -0.3 is 19.5 Å². The van der Waals surface area contributed by atoms with Gasteiger partial charge in [0.1, 0.15) is 22.8 Å². The fourth-order valence-corrected chi connectivity index (χ4v) is 2.77. The number of ketones is 1. The van der Waals surface area contributed by atoms with E-state index in [4.69, 9.17) is 9.47 Å². The summed E-state index contributed by atoms with van der Waals surface area (Å²) in [4.78, 5) is 26.4. The number of likely N-dealkylation sites (tertiary alicyclic amines) is 1. The van der Waals surface area contributed by atoms with Gasteiger partial charge in [0, 0.05) is 12.1 Å². The predicted octanol–water partition coefficient (Wildman–Crippen LogP) is 2.18. The molecule has 1 aliphatic heterocycles. The molecule has 23 heavy (non-hydrogen) atoms. The molecule has 0 spiro atoms. The van der Waals surface area contributed by atoms with E-state index in [-0.39, 0.29) is 28.7 Å². The molecule has 6 heteroatoms. The molecule has 0 aromatic heterocycles. The summed E-state index contributed by atoms with van der Waals surface area (Å²) in [7, 11) is 2.95. The molecule has 0 aliphatic carbocycles. The summed E-state index contributed by atoms with van der Waals surface area (Å²) in [6.07, 6.45) is 0. The quantitative estimate of drug-likeness (QED) is 0.523. The van der Waals surface area contributed by atoms with Crippen molar-refractivity contribution in [1.82, 2.24) is 4.90 Å². The topological polar surface area (TPSA) is 76.1 Å². The average Bonchev–Trinajstić information content (AvgIpc) is 2.75. The molecule has 1 aromatic rings. The van der Waals surface area contributed by atoms with Crippen molar-refractivity contribution >= 4 is 17.4 Å². The Bertz CT molecular complexity index is 678. The van der Waals surface area contributed by atoms with E-state index in [9.17, 15) is 14.7 Å². The molecule has 124 valence electrons. The molecule has 0 saturated carbocycles. The van der Waals surface area contributed by atoms with E-state index in [2.05, 4.69) is 0 Å². The molecule has 1 aromatic carbocycles. The van der Waals surface area contributed by atoms with E-state index in [0.717, 1.165) is 0 Å². The number of aliphatic hydroxyl groups excluding tert-OH is 1. The second-order valence-electron chi connectivity index (χ2n) is 5.64. The Hall–Kier alpha value is -2.50. The number of rotatable bonds is 4. The Morgan fingerprint density at radius 2 is 1.87 bits per heavy atom. The summed E-state index contributed by atoms with van der Waals surface area (Å²) >= 11 is 0. The van der Waals surface area contributed by atoms with Crippen LogP contribution in [0.25, 0.3) is 5.76 Å². The van der Waals surface area contributed by atoms with E-state index in [1.807, 2.05) is 13.8 Å². The molecule has 6 nitrogen and oxygen atoms in total. The maximum Gasteiger partial charge on any atom is 0.262 e. The third kappa shape index (κ3) is 2.76. The lowest BCUT2D eigenvalue weighted by molar-refractivity contribution is -0.128. The van der Waals surface area contributed by atoms with Crippen LogP contribution in [0.15, 0.2) is 23.8 Å². The lowest BCUT2D eigenvalue weighted by Crippen LogP contribution is -2.38. The standard InChI is InChI=1S/C17H21NO5/c1-9(2)18-10(3)15(19)14(17(18)21)16(20)12-7-6-11(22-4)8-13(12)23-5/h6-10,20H,1-5H3/b16-14-. The number of nitrogens with zero attached hydrogens (tertiary/aromatic N) is 1.